The van der Waals surface area contributed by atoms with E-state index in [9.17, 15) is 4.79 Å². The van der Waals surface area contributed by atoms with Gasteiger partial charge in [0.1, 0.15) is 10.8 Å². The number of thiazole rings is 1. The molecule has 2 aromatic rings. The summed E-state index contributed by atoms with van der Waals surface area (Å²) >= 11 is 1.49. The Labute approximate surface area is 115 Å². The van der Waals surface area contributed by atoms with Gasteiger partial charge in [-0.05, 0) is 19.3 Å². The van der Waals surface area contributed by atoms with Crippen molar-refractivity contribution in [3.63, 3.8) is 0 Å². The number of amides is 2. The second-order valence-corrected chi connectivity index (χ2v) is 5.86. The second kappa shape index (κ2) is 5.83. The molecule has 2 amide bonds. The molecule has 0 atom stereocenters. The summed E-state index contributed by atoms with van der Waals surface area (Å²) in [7, 11) is 0. The third-order valence-electron chi connectivity index (χ3n) is 2.38. The smallest absolute Gasteiger partial charge is 0.297 e. The van der Waals surface area contributed by atoms with Crippen LogP contribution in [0.25, 0.3) is 0 Å². The standard InChI is InChI=1S/C12H17N5OS/c1-7(2)6-9-11(19-8(3)14-9)16-12(18)15-10-4-5-13-17-10/h4-5,7H,6H2,1-3H3,(H3,13,15,16,17,18). The predicted molar refractivity (Wildman–Crippen MR) is 76.6 cm³/mol. The Morgan fingerprint density at radius 1 is 1.47 bits per heavy atom. The molecule has 2 rings (SSSR count). The number of rotatable bonds is 4. The van der Waals surface area contributed by atoms with E-state index < -0.39 is 0 Å². The maximum atomic E-state index is 11.8. The van der Waals surface area contributed by atoms with Crippen molar-refractivity contribution in [2.45, 2.75) is 27.2 Å². The van der Waals surface area contributed by atoms with Crippen LogP contribution >= 0.6 is 11.3 Å². The SMILES string of the molecule is Cc1nc(CC(C)C)c(NC(=O)Nc2ccn[nH]2)s1. The molecule has 3 N–H and O–H groups in total. The van der Waals surface area contributed by atoms with E-state index >= 15 is 0 Å². The summed E-state index contributed by atoms with van der Waals surface area (Å²) < 4.78 is 0. The van der Waals surface area contributed by atoms with Crippen LogP contribution in [-0.2, 0) is 6.42 Å². The van der Waals surface area contributed by atoms with Gasteiger partial charge in [-0.2, -0.15) is 5.10 Å². The van der Waals surface area contributed by atoms with Crippen molar-refractivity contribution in [2.24, 2.45) is 5.92 Å². The van der Waals surface area contributed by atoms with E-state index in [0.29, 0.717) is 11.7 Å². The number of H-pyrrole nitrogens is 1. The number of hydrogen-bond donors (Lipinski definition) is 3. The van der Waals surface area contributed by atoms with Crippen LogP contribution in [0.3, 0.4) is 0 Å². The minimum absolute atomic E-state index is 0.294. The maximum Gasteiger partial charge on any atom is 0.325 e. The molecule has 0 aliphatic heterocycles. The Morgan fingerprint density at radius 3 is 2.89 bits per heavy atom. The van der Waals surface area contributed by atoms with Crippen LogP contribution < -0.4 is 10.6 Å². The largest absolute Gasteiger partial charge is 0.325 e. The van der Waals surface area contributed by atoms with Gasteiger partial charge in [-0.1, -0.05) is 13.8 Å². The van der Waals surface area contributed by atoms with Crippen molar-refractivity contribution in [1.82, 2.24) is 15.2 Å². The number of aromatic nitrogens is 3. The fourth-order valence-corrected chi connectivity index (χ4v) is 2.52. The molecule has 6 nitrogen and oxygen atoms in total. The number of carbonyl (C=O) groups excluding carboxylic acids is 1. The van der Waals surface area contributed by atoms with Gasteiger partial charge >= 0.3 is 6.03 Å². The molecule has 0 aliphatic rings. The monoisotopic (exact) mass is 279 g/mol. The zero-order chi connectivity index (χ0) is 13.8. The van der Waals surface area contributed by atoms with E-state index in [1.165, 1.54) is 11.3 Å². The molecule has 2 aromatic heterocycles. The lowest BCUT2D eigenvalue weighted by molar-refractivity contribution is 0.262. The second-order valence-electron chi connectivity index (χ2n) is 4.66. The van der Waals surface area contributed by atoms with Crippen LogP contribution in [0.1, 0.15) is 24.5 Å². The van der Waals surface area contributed by atoms with Gasteiger partial charge in [0.05, 0.1) is 16.9 Å². The number of anilines is 2. The van der Waals surface area contributed by atoms with E-state index in [-0.39, 0.29) is 6.03 Å². The highest BCUT2D eigenvalue weighted by Gasteiger charge is 2.13. The molecule has 0 bridgehead atoms. The summed E-state index contributed by atoms with van der Waals surface area (Å²) in [6.45, 7) is 6.19. The Bertz CT molecular complexity index is 546. The molecule has 0 aliphatic carbocycles. The molecule has 0 spiro atoms. The minimum atomic E-state index is -0.294. The summed E-state index contributed by atoms with van der Waals surface area (Å²) in [5, 5.41) is 13.7. The number of nitrogens with zero attached hydrogens (tertiary/aromatic N) is 2. The van der Waals surface area contributed by atoms with Crippen LogP contribution in [0.4, 0.5) is 15.6 Å². The molecule has 102 valence electrons. The van der Waals surface area contributed by atoms with Gasteiger partial charge in [-0.25, -0.2) is 9.78 Å². The first kappa shape index (κ1) is 13.5. The van der Waals surface area contributed by atoms with E-state index in [2.05, 4.69) is 39.7 Å². The van der Waals surface area contributed by atoms with Crippen molar-refractivity contribution < 1.29 is 4.79 Å². The third kappa shape index (κ3) is 3.78. The van der Waals surface area contributed by atoms with Crippen molar-refractivity contribution >= 4 is 28.2 Å². The Balaban J connectivity index is 2.03. The third-order valence-corrected chi connectivity index (χ3v) is 3.31. The van der Waals surface area contributed by atoms with E-state index in [4.69, 9.17) is 0 Å². The van der Waals surface area contributed by atoms with Gasteiger partial charge in [0.2, 0.25) is 0 Å². The van der Waals surface area contributed by atoms with Gasteiger partial charge in [-0.15, -0.1) is 11.3 Å². The van der Waals surface area contributed by atoms with Gasteiger partial charge in [-0.3, -0.25) is 15.7 Å². The van der Waals surface area contributed by atoms with Crippen molar-refractivity contribution in [3.05, 3.63) is 23.0 Å². The molecule has 2 heterocycles. The first-order chi connectivity index (χ1) is 9.04. The van der Waals surface area contributed by atoms with E-state index in [1.807, 2.05) is 6.92 Å². The van der Waals surface area contributed by atoms with Gasteiger partial charge in [0.25, 0.3) is 0 Å². The Morgan fingerprint density at radius 2 is 2.26 bits per heavy atom. The Kier molecular flexibility index (Phi) is 4.16. The highest BCUT2D eigenvalue weighted by Crippen LogP contribution is 2.26. The van der Waals surface area contributed by atoms with E-state index in [0.717, 1.165) is 22.1 Å². The molecule has 0 aromatic carbocycles. The number of carbonyl (C=O) groups is 1. The zero-order valence-electron chi connectivity index (χ0n) is 11.2. The lowest BCUT2D eigenvalue weighted by Gasteiger charge is -2.07. The van der Waals surface area contributed by atoms with Crippen LogP contribution in [0, 0.1) is 12.8 Å². The van der Waals surface area contributed by atoms with Gasteiger partial charge in [0.15, 0.2) is 0 Å². The average molecular weight is 279 g/mol. The van der Waals surface area contributed by atoms with Crippen LogP contribution in [0.15, 0.2) is 12.3 Å². The molecular weight excluding hydrogens is 262 g/mol. The molecule has 19 heavy (non-hydrogen) atoms. The highest BCUT2D eigenvalue weighted by molar-refractivity contribution is 7.16. The topological polar surface area (TPSA) is 82.7 Å². The lowest BCUT2D eigenvalue weighted by atomic mass is 10.1. The number of aromatic amines is 1. The van der Waals surface area contributed by atoms with Crippen molar-refractivity contribution in [2.75, 3.05) is 10.6 Å². The lowest BCUT2D eigenvalue weighted by Crippen LogP contribution is -2.20. The van der Waals surface area contributed by atoms with Crippen molar-refractivity contribution in [1.29, 1.82) is 0 Å². The summed E-state index contributed by atoms with van der Waals surface area (Å²) in [5.41, 5.74) is 0.942. The van der Waals surface area contributed by atoms with E-state index in [1.54, 1.807) is 12.3 Å². The number of hydrogen-bond acceptors (Lipinski definition) is 4. The number of nitrogens with one attached hydrogen (secondary N) is 3. The zero-order valence-corrected chi connectivity index (χ0v) is 12.0. The fourth-order valence-electron chi connectivity index (χ4n) is 1.68. The van der Waals surface area contributed by atoms with Crippen molar-refractivity contribution in [3.8, 4) is 0 Å². The summed E-state index contributed by atoms with van der Waals surface area (Å²) in [5.74, 6) is 1.06. The molecule has 0 fully saturated rings. The quantitative estimate of drug-likeness (QED) is 0.804. The molecule has 0 unspecified atom stereocenters. The molecular formula is C12H17N5OS. The summed E-state index contributed by atoms with van der Waals surface area (Å²) in [4.78, 5) is 16.3. The summed E-state index contributed by atoms with van der Waals surface area (Å²) in [6.07, 6.45) is 2.43. The highest BCUT2D eigenvalue weighted by atomic mass is 32.1. The molecule has 0 radical (unpaired) electrons. The first-order valence-corrected chi connectivity index (χ1v) is 6.90. The minimum Gasteiger partial charge on any atom is -0.297 e. The molecule has 7 heteroatoms. The average Bonchev–Trinajstić information content (AvgIpc) is 2.89. The normalized spacial score (nSPS) is 10.7. The first-order valence-electron chi connectivity index (χ1n) is 6.08. The van der Waals surface area contributed by atoms with Gasteiger partial charge in [0, 0.05) is 6.07 Å². The van der Waals surface area contributed by atoms with Gasteiger partial charge < -0.3 is 0 Å². The van der Waals surface area contributed by atoms with Crippen LogP contribution in [0.2, 0.25) is 0 Å². The van der Waals surface area contributed by atoms with Crippen LogP contribution in [-0.4, -0.2) is 21.2 Å². The number of aryl methyl sites for hydroxylation is 1. The van der Waals surface area contributed by atoms with Crippen LogP contribution in [0.5, 0.6) is 0 Å². The molecule has 0 saturated carbocycles. The number of urea groups is 1. The molecule has 0 saturated heterocycles. The maximum absolute atomic E-state index is 11.8. The predicted octanol–water partition coefficient (Wildman–Crippen LogP) is 3.02. The fraction of sp³-hybridized carbons (Fsp3) is 0.417. The summed E-state index contributed by atoms with van der Waals surface area (Å²) in [6, 6.07) is 1.39. The Hall–Kier alpha value is -1.89.